The van der Waals surface area contributed by atoms with Crippen molar-refractivity contribution < 1.29 is 19.4 Å². The number of nitrogens with zero attached hydrogens (tertiary/aromatic N) is 1. The van der Waals surface area contributed by atoms with Crippen molar-refractivity contribution in [2.75, 3.05) is 13.2 Å². The Morgan fingerprint density at radius 3 is 2.96 bits per heavy atom. The third kappa shape index (κ3) is 5.33. The van der Waals surface area contributed by atoms with Crippen LogP contribution in [0, 0.1) is 11.8 Å². The van der Waals surface area contributed by atoms with Gasteiger partial charge in [-0.2, -0.15) is 0 Å². The molecule has 2 atom stereocenters. The Labute approximate surface area is 165 Å². The number of unbranched alkanes of at least 4 members (excludes halogenated alkanes) is 1. The van der Waals surface area contributed by atoms with E-state index in [-0.39, 0.29) is 18.4 Å². The number of rotatable bonds is 9. The van der Waals surface area contributed by atoms with Gasteiger partial charge in [-0.25, -0.2) is 4.98 Å². The van der Waals surface area contributed by atoms with Gasteiger partial charge >= 0.3 is 0 Å². The van der Waals surface area contributed by atoms with Gasteiger partial charge in [-0.05, 0) is 42.9 Å². The fourth-order valence-electron chi connectivity index (χ4n) is 3.18. The van der Waals surface area contributed by atoms with E-state index in [1.165, 1.54) is 0 Å². The van der Waals surface area contributed by atoms with Crippen LogP contribution in [0.4, 0.5) is 0 Å². The standard InChI is InChI=1S/C21H29N3O4/c1-14(2)15-11-18(28-20(12-15)27-10-6-5-9-25)21(26)22-13-19-23-16-7-3-4-8-17(16)24-19/h3-4,7-8,11,14-15,20,25H,5-6,9-10,12-13H2,1-2H3,(H,22,26)(H,23,24)/t15-,20+/m1/s1. The molecule has 1 aromatic heterocycles. The van der Waals surface area contributed by atoms with Gasteiger partial charge in [0.2, 0.25) is 6.29 Å². The molecular formula is C21H29N3O4. The topological polar surface area (TPSA) is 96.5 Å². The second-order valence-electron chi connectivity index (χ2n) is 7.41. The smallest absolute Gasteiger partial charge is 0.286 e. The Morgan fingerprint density at radius 2 is 2.21 bits per heavy atom. The maximum absolute atomic E-state index is 12.6. The molecule has 1 aromatic carbocycles. The summed E-state index contributed by atoms with van der Waals surface area (Å²) in [6.07, 6.45) is 3.63. The molecule has 28 heavy (non-hydrogen) atoms. The first-order valence-electron chi connectivity index (χ1n) is 9.89. The second kappa shape index (κ2) is 9.71. The Morgan fingerprint density at radius 1 is 1.39 bits per heavy atom. The quantitative estimate of drug-likeness (QED) is 0.575. The maximum Gasteiger partial charge on any atom is 0.286 e. The third-order valence-corrected chi connectivity index (χ3v) is 4.88. The first-order valence-corrected chi connectivity index (χ1v) is 9.89. The van der Waals surface area contributed by atoms with Crippen molar-refractivity contribution in [3.05, 3.63) is 41.9 Å². The molecule has 0 aliphatic carbocycles. The first-order chi connectivity index (χ1) is 13.6. The van der Waals surface area contributed by atoms with Gasteiger partial charge in [0.15, 0.2) is 5.76 Å². The molecule has 1 aliphatic heterocycles. The van der Waals surface area contributed by atoms with Crippen LogP contribution < -0.4 is 5.32 Å². The largest absolute Gasteiger partial charge is 0.459 e. The van der Waals surface area contributed by atoms with Crippen LogP contribution in [0.15, 0.2) is 36.1 Å². The summed E-state index contributed by atoms with van der Waals surface area (Å²) < 4.78 is 11.6. The molecule has 3 rings (SSSR count). The summed E-state index contributed by atoms with van der Waals surface area (Å²) in [6.45, 7) is 5.20. The minimum Gasteiger partial charge on any atom is -0.459 e. The van der Waals surface area contributed by atoms with E-state index < -0.39 is 6.29 Å². The molecule has 0 fully saturated rings. The summed E-state index contributed by atoms with van der Waals surface area (Å²) in [5.74, 6) is 1.32. The van der Waals surface area contributed by atoms with Gasteiger partial charge in [0.25, 0.3) is 5.91 Å². The highest BCUT2D eigenvalue weighted by atomic mass is 16.7. The van der Waals surface area contributed by atoms with Crippen LogP contribution in [-0.4, -0.2) is 40.5 Å². The highest BCUT2D eigenvalue weighted by Gasteiger charge is 2.29. The minimum atomic E-state index is -0.442. The number of para-hydroxylation sites is 2. The number of aromatic amines is 1. The molecule has 7 heteroatoms. The number of aromatic nitrogens is 2. The van der Waals surface area contributed by atoms with Crippen LogP contribution in [0.3, 0.4) is 0 Å². The maximum atomic E-state index is 12.6. The molecule has 0 bridgehead atoms. The van der Waals surface area contributed by atoms with Crippen molar-refractivity contribution in [3.8, 4) is 0 Å². The number of benzene rings is 1. The summed E-state index contributed by atoms with van der Waals surface area (Å²) >= 11 is 0. The summed E-state index contributed by atoms with van der Waals surface area (Å²) in [4.78, 5) is 20.3. The molecule has 3 N–H and O–H groups in total. The lowest BCUT2D eigenvalue weighted by Gasteiger charge is -2.30. The van der Waals surface area contributed by atoms with E-state index >= 15 is 0 Å². The predicted molar refractivity (Wildman–Crippen MR) is 106 cm³/mol. The molecule has 7 nitrogen and oxygen atoms in total. The molecule has 1 aliphatic rings. The molecule has 0 spiro atoms. The number of aliphatic hydroxyl groups is 1. The number of carbonyl (C=O) groups excluding carboxylic acids is 1. The van der Waals surface area contributed by atoms with Gasteiger partial charge in [-0.15, -0.1) is 0 Å². The molecule has 1 amide bonds. The number of H-pyrrole nitrogens is 1. The number of aliphatic hydroxyl groups excluding tert-OH is 1. The van der Waals surface area contributed by atoms with Crippen molar-refractivity contribution in [2.45, 2.75) is 45.9 Å². The monoisotopic (exact) mass is 387 g/mol. The number of fused-ring (bicyclic) bond motifs is 1. The van der Waals surface area contributed by atoms with E-state index in [9.17, 15) is 4.79 Å². The van der Waals surface area contributed by atoms with E-state index in [4.69, 9.17) is 14.6 Å². The summed E-state index contributed by atoms with van der Waals surface area (Å²) in [5.41, 5.74) is 1.81. The van der Waals surface area contributed by atoms with Crippen molar-refractivity contribution in [2.24, 2.45) is 11.8 Å². The van der Waals surface area contributed by atoms with Crippen molar-refractivity contribution in [1.29, 1.82) is 0 Å². The van der Waals surface area contributed by atoms with Gasteiger partial charge in [0.05, 0.1) is 24.2 Å². The zero-order valence-corrected chi connectivity index (χ0v) is 16.5. The van der Waals surface area contributed by atoms with E-state index in [1.54, 1.807) is 0 Å². The van der Waals surface area contributed by atoms with Gasteiger partial charge < -0.3 is 24.9 Å². The Kier molecular flexibility index (Phi) is 7.06. The average Bonchev–Trinajstić information content (AvgIpc) is 3.12. The van der Waals surface area contributed by atoms with Crippen LogP contribution in [0.2, 0.25) is 0 Å². The van der Waals surface area contributed by atoms with Gasteiger partial charge in [-0.3, -0.25) is 4.79 Å². The van der Waals surface area contributed by atoms with E-state index in [0.717, 1.165) is 23.9 Å². The highest BCUT2D eigenvalue weighted by molar-refractivity contribution is 5.91. The second-order valence-corrected chi connectivity index (χ2v) is 7.41. The lowest BCUT2D eigenvalue weighted by atomic mass is 9.90. The molecule has 0 saturated carbocycles. The summed E-state index contributed by atoms with van der Waals surface area (Å²) in [7, 11) is 0. The zero-order valence-electron chi connectivity index (χ0n) is 16.5. The number of imidazole rings is 1. The van der Waals surface area contributed by atoms with E-state index in [0.29, 0.717) is 37.1 Å². The van der Waals surface area contributed by atoms with Crippen molar-refractivity contribution in [1.82, 2.24) is 15.3 Å². The lowest BCUT2D eigenvalue weighted by molar-refractivity contribution is -0.150. The Balaban J connectivity index is 1.59. The van der Waals surface area contributed by atoms with Crippen molar-refractivity contribution in [3.63, 3.8) is 0 Å². The molecular weight excluding hydrogens is 358 g/mol. The minimum absolute atomic E-state index is 0.152. The number of hydrogen-bond acceptors (Lipinski definition) is 5. The number of amides is 1. The molecule has 2 aromatic rings. The van der Waals surface area contributed by atoms with Crippen LogP contribution in [0.25, 0.3) is 11.0 Å². The van der Waals surface area contributed by atoms with Gasteiger partial charge in [0.1, 0.15) is 5.82 Å². The number of carbonyl (C=O) groups is 1. The van der Waals surface area contributed by atoms with Gasteiger partial charge in [0, 0.05) is 13.0 Å². The molecule has 0 radical (unpaired) electrons. The highest BCUT2D eigenvalue weighted by Crippen LogP contribution is 2.28. The first kappa shape index (κ1) is 20.4. The van der Waals surface area contributed by atoms with Crippen LogP contribution in [0.5, 0.6) is 0 Å². The average molecular weight is 387 g/mol. The number of nitrogens with one attached hydrogen (secondary N) is 2. The lowest BCUT2D eigenvalue weighted by Crippen LogP contribution is -2.34. The Hall–Kier alpha value is -2.38. The normalized spacial score (nSPS) is 19.5. The summed E-state index contributed by atoms with van der Waals surface area (Å²) in [5, 5.41) is 11.7. The van der Waals surface area contributed by atoms with E-state index in [1.807, 2.05) is 30.3 Å². The fourth-order valence-corrected chi connectivity index (χ4v) is 3.18. The molecule has 2 heterocycles. The zero-order chi connectivity index (χ0) is 19.9. The van der Waals surface area contributed by atoms with Crippen molar-refractivity contribution >= 4 is 16.9 Å². The number of hydrogen-bond donors (Lipinski definition) is 3. The van der Waals surface area contributed by atoms with Gasteiger partial charge in [-0.1, -0.05) is 26.0 Å². The van der Waals surface area contributed by atoms with Crippen LogP contribution in [-0.2, 0) is 20.8 Å². The Bertz CT molecular complexity index is 782. The number of allylic oxidation sites excluding steroid dienone is 1. The molecule has 0 saturated heterocycles. The SMILES string of the molecule is CC(C)[C@@H]1C=C(C(=O)NCc2nc3ccccc3[nH]2)O[C@H](OCCCCO)C1. The third-order valence-electron chi connectivity index (χ3n) is 4.88. The predicted octanol–water partition coefficient (Wildman–Crippen LogP) is 2.87. The fraction of sp³-hybridized carbons (Fsp3) is 0.524. The van der Waals surface area contributed by atoms with Crippen LogP contribution in [0.1, 0.15) is 38.9 Å². The molecule has 152 valence electrons. The van der Waals surface area contributed by atoms with Crippen LogP contribution >= 0.6 is 0 Å². The number of ether oxygens (including phenoxy) is 2. The van der Waals surface area contributed by atoms with E-state index in [2.05, 4.69) is 29.1 Å². The molecule has 0 unspecified atom stereocenters. The summed E-state index contributed by atoms with van der Waals surface area (Å²) in [6, 6.07) is 7.75.